The van der Waals surface area contributed by atoms with Crippen LogP contribution in [0, 0.1) is 5.92 Å². The van der Waals surface area contributed by atoms with Gasteiger partial charge in [0, 0.05) is 12.1 Å². The summed E-state index contributed by atoms with van der Waals surface area (Å²) in [7, 11) is 0. The molecule has 1 amide bonds. The molecule has 0 unspecified atom stereocenters. The van der Waals surface area contributed by atoms with E-state index in [1.165, 1.54) is 18.4 Å². The lowest BCUT2D eigenvalue weighted by Gasteiger charge is -2.22. The van der Waals surface area contributed by atoms with Crippen molar-refractivity contribution in [2.45, 2.75) is 45.7 Å². The molecular weight excluding hydrogens is 302 g/mol. The van der Waals surface area contributed by atoms with Crippen molar-refractivity contribution in [2.75, 3.05) is 26.2 Å². The Hall–Kier alpha value is -1.59. The van der Waals surface area contributed by atoms with Crippen molar-refractivity contribution in [3.8, 4) is 5.75 Å². The van der Waals surface area contributed by atoms with Crippen LogP contribution in [0.25, 0.3) is 0 Å². The van der Waals surface area contributed by atoms with Gasteiger partial charge in [0.05, 0.1) is 0 Å². The van der Waals surface area contributed by atoms with Gasteiger partial charge in [0.2, 0.25) is 0 Å². The number of piperidine rings is 1. The maximum Gasteiger partial charge on any atom is 0.258 e. The topological polar surface area (TPSA) is 62.4 Å². The summed E-state index contributed by atoms with van der Waals surface area (Å²) in [4.78, 5) is 11.7. The fourth-order valence-electron chi connectivity index (χ4n) is 2.81. The SMILES string of the molecule is CC(C)(C)NC(=O)COc1ccc(CNCC2CCNCC2)cc1. The van der Waals surface area contributed by atoms with Gasteiger partial charge in [-0.3, -0.25) is 4.79 Å². The number of carbonyl (C=O) groups excluding carboxylic acids is 1. The van der Waals surface area contributed by atoms with Crippen molar-refractivity contribution in [1.29, 1.82) is 0 Å². The first kappa shape index (κ1) is 18.7. The van der Waals surface area contributed by atoms with Gasteiger partial charge < -0.3 is 20.7 Å². The summed E-state index contributed by atoms with van der Waals surface area (Å²) in [5.41, 5.74) is 1.00. The standard InChI is InChI=1S/C19H31N3O2/c1-19(2,3)22-18(23)14-24-17-6-4-15(5-7-17)12-21-13-16-8-10-20-11-9-16/h4-7,16,20-21H,8-14H2,1-3H3,(H,22,23). The Morgan fingerprint density at radius 2 is 1.88 bits per heavy atom. The average molecular weight is 333 g/mol. The molecule has 24 heavy (non-hydrogen) atoms. The van der Waals surface area contributed by atoms with E-state index in [1.54, 1.807) is 0 Å². The lowest BCUT2D eigenvalue weighted by molar-refractivity contribution is -0.124. The third-order valence-electron chi connectivity index (χ3n) is 4.03. The molecule has 0 saturated carbocycles. The second-order valence-electron chi connectivity index (χ2n) is 7.56. The monoisotopic (exact) mass is 333 g/mol. The molecule has 1 aliphatic rings. The third kappa shape index (κ3) is 7.32. The zero-order chi connectivity index (χ0) is 17.4. The number of nitrogens with one attached hydrogen (secondary N) is 3. The van der Waals surface area contributed by atoms with Crippen LogP contribution in [-0.2, 0) is 11.3 Å². The van der Waals surface area contributed by atoms with Gasteiger partial charge in [0.1, 0.15) is 5.75 Å². The van der Waals surface area contributed by atoms with Crippen molar-refractivity contribution < 1.29 is 9.53 Å². The average Bonchev–Trinajstić information content (AvgIpc) is 2.53. The summed E-state index contributed by atoms with van der Waals surface area (Å²) in [6, 6.07) is 7.94. The van der Waals surface area contributed by atoms with Crippen LogP contribution in [0.5, 0.6) is 5.75 Å². The Morgan fingerprint density at radius 1 is 1.21 bits per heavy atom. The van der Waals surface area contributed by atoms with Crippen LogP contribution in [0.4, 0.5) is 0 Å². The van der Waals surface area contributed by atoms with Crippen LogP contribution in [0.15, 0.2) is 24.3 Å². The third-order valence-corrected chi connectivity index (χ3v) is 4.03. The predicted molar refractivity (Wildman–Crippen MR) is 97.1 cm³/mol. The minimum atomic E-state index is -0.232. The first-order valence-corrected chi connectivity index (χ1v) is 8.86. The van der Waals surface area contributed by atoms with Gasteiger partial charge in [-0.05, 0) is 76.9 Å². The Labute approximate surface area is 145 Å². The molecule has 5 nitrogen and oxygen atoms in total. The maximum absolute atomic E-state index is 11.7. The van der Waals surface area contributed by atoms with E-state index in [1.807, 2.05) is 45.0 Å². The fourth-order valence-corrected chi connectivity index (χ4v) is 2.81. The van der Waals surface area contributed by atoms with Gasteiger partial charge in [-0.1, -0.05) is 12.1 Å². The Bertz CT molecular complexity index is 502. The highest BCUT2D eigenvalue weighted by Gasteiger charge is 2.14. The van der Waals surface area contributed by atoms with Crippen LogP contribution < -0.4 is 20.7 Å². The highest BCUT2D eigenvalue weighted by molar-refractivity contribution is 5.78. The second kappa shape index (κ2) is 9.04. The van der Waals surface area contributed by atoms with Gasteiger partial charge in [0.25, 0.3) is 5.91 Å². The van der Waals surface area contributed by atoms with Crippen molar-refractivity contribution in [3.63, 3.8) is 0 Å². The molecule has 1 aromatic rings. The Balaban J connectivity index is 1.67. The molecule has 0 aliphatic carbocycles. The Morgan fingerprint density at radius 3 is 2.50 bits per heavy atom. The molecule has 1 aliphatic heterocycles. The number of ether oxygens (including phenoxy) is 1. The molecule has 2 rings (SSSR count). The van der Waals surface area contributed by atoms with E-state index in [-0.39, 0.29) is 18.1 Å². The lowest BCUT2D eigenvalue weighted by atomic mass is 9.98. The minimum absolute atomic E-state index is 0.0462. The van der Waals surface area contributed by atoms with E-state index in [4.69, 9.17) is 4.74 Å². The summed E-state index contributed by atoms with van der Waals surface area (Å²) < 4.78 is 5.53. The van der Waals surface area contributed by atoms with Crippen molar-refractivity contribution in [1.82, 2.24) is 16.0 Å². The van der Waals surface area contributed by atoms with Crippen molar-refractivity contribution in [3.05, 3.63) is 29.8 Å². The number of rotatable bonds is 7. The number of carbonyl (C=O) groups is 1. The molecule has 1 fully saturated rings. The van der Waals surface area contributed by atoms with Crippen molar-refractivity contribution in [2.24, 2.45) is 5.92 Å². The fraction of sp³-hybridized carbons (Fsp3) is 0.632. The summed E-state index contributed by atoms with van der Waals surface area (Å²) in [6.45, 7) is 10.1. The summed E-state index contributed by atoms with van der Waals surface area (Å²) in [5, 5.41) is 9.81. The number of amides is 1. The van der Waals surface area contributed by atoms with Crippen LogP contribution in [-0.4, -0.2) is 37.7 Å². The molecule has 0 atom stereocenters. The normalized spacial score (nSPS) is 16.0. The van der Waals surface area contributed by atoms with Gasteiger partial charge in [-0.15, -0.1) is 0 Å². The van der Waals surface area contributed by atoms with E-state index >= 15 is 0 Å². The molecule has 0 spiro atoms. The molecule has 0 radical (unpaired) electrons. The molecule has 1 aromatic carbocycles. The van der Waals surface area contributed by atoms with Gasteiger partial charge >= 0.3 is 0 Å². The summed E-state index contributed by atoms with van der Waals surface area (Å²) in [5.74, 6) is 1.41. The molecule has 5 heteroatoms. The lowest BCUT2D eigenvalue weighted by Crippen LogP contribution is -2.43. The maximum atomic E-state index is 11.7. The predicted octanol–water partition coefficient (Wildman–Crippen LogP) is 2.07. The van der Waals surface area contributed by atoms with Gasteiger partial charge in [-0.25, -0.2) is 0 Å². The number of hydrogen-bond acceptors (Lipinski definition) is 4. The van der Waals surface area contributed by atoms with Crippen LogP contribution >= 0.6 is 0 Å². The summed E-state index contributed by atoms with van der Waals surface area (Å²) in [6.07, 6.45) is 2.52. The highest BCUT2D eigenvalue weighted by Crippen LogP contribution is 2.13. The zero-order valence-electron chi connectivity index (χ0n) is 15.2. The largest absolute Gasteiger partial charge is 0.484 e. The molecule has 1 heterocycles. The van der Waals surface area contributed by atoms with Gasteiger partial charge in [-0.2, -0.15) is 0 Å². The number of hydrogen-bond donors (Lipinski definition) is 3. The van der Waals surface area contributed by atoms with E-state index in [0.717, 1.165) is 37.8 Å². The Kier molecular flexibility index (Phi) is 7.06. The number of benzene rings is 1. The highest BCUT2D eigenvalue weighted by atomic mass is 16.5. The first-order valence-electron chi connectivity index (χ1n) is 8.86. The van der Waals surface area contributed by atoms with E-state index in [0.29, 0.717) is 0 Å². The molecule has 1 saturated heterocycles. The first-order chi connectivity index (χ1) is 11.4. The van der Waals surface area contributed by atoms with E-state index in [2.05, 4.69) is 16.0 Å². The van der Waals surface area contributed by atoms with Crippen LogP contribution in [0.3, 0.4) is 0 Å². The van der Waals surface area contributed by atoms with Crippen molar-refractivity contribution >= 4 is 5.91 Å². The quantitative estimate of drug-likeness (QED) is 0.715. The minimum Gasteiger partial charge on any atom is -0.484 e. The van der Waals surface area contributed by atoms with E-state index < -0.39 is 0 Å². The second-order valence-corrected chi connectivity index (χ2v) is 7.56. The zero-order valence-corrected chi connectivity index (χ0v) is 15.2. The summed E-state index contributed by atoms with van der Waals surface area (Å²) >= 11 is 0. The molecule has 3 N–H and O–H groups in total. The van der Waals surface area contributed by atoms with Crippen LogP contribution in [0.2, 0.25) is 0 Å². The molecular formula is C19H31N3O2. The molecule has 134 valence electrons. The molecule has 0 aromatic heterocycles. The van der Waals surface area contributed by atoms with E-state index in [9.17, 15) is 4.79 Å². The van der Waals surface area contributed by atoms with Crippen LogP contribution in [0.1, 0.15) is 39.2 Å². The van der Waals surface area contributed by atoms with Gasteiger partial charge in [0.15, 0.2) is 6.61 Å². The molecule has 0 bridgehead atoms. The smallest absolute Gasteiger partial charge is 0.258 e.